The smallest absolute Gasteiger partial charge is 0.264 e. The van der Waals surface area contributed by atoms with Crippen molar-refractivity contribution in [1.82, 2.24) is 10.2 Å². The summed E-state index contributed by atoms with van der Waals surface area (Å²) in [6.45, 7) is -0.548. The fourth-order valence-corrected chi connectivity index (χ4v) is 6.53. The van der Waals surface area contributed by atoms with Crippen molar-refractivity contribution in [3.63, 3.8) is 0 Å². The Bertz CT molecular complexity index is 1640. The number of hydrogen-bond donors (Lipinski definition) is 1. The van der Waals surface area contributed by atoms with Crippen molar-refractivity contribution in [2.24, 2.45) is 0 Å². The van der Waals surface area contributed by atoms with Gasteiger partial charge in [-0.1, -0.05) is 77.8 Å². The van der Waals surface area contributed by atoms with Gasteiger partial charge in [-0.05, 0) is 82.2 Å². The number of carbonyl (C=O) groups excluding carboxylic acids is 2. The first-order valence-corrected chi connectivity index (χ1v) is 16.2. The maximum absolute atomic E-state index is 14.3. The highest BCUT2D eigenvalue weighted by molar-refractivity contribution is 14.1. The van der Waals surface area contributed by atoms with Gasteiger partial charge in [0.2, 0.25) is 11.8 Å². The Hall–Kier alpha value is -3.12. The normalized spacial score (nSPS) is 11.9. The first kappa shape index (κ1) is 31.8. The molecule has 4 rings (SSSR count). The molecule has 7 nitrogen and oxygen atoms in total. The second-order valence-electron chi connectivity index (χ2n) is 9.39. The lowest BCUT2D eigenvalue weighted by molar-refractivity contribution is -0.139. The molecule has 0 saturated carbocycles. The van der Waals surface area contributed by atoms with Crippen LogP contribution in [0.25, 0.3) is 0 Å². The zero-order valence-electron chi connectivity index (χ0n) is 22.6. The fraction of sp³-hybridized carbons (Fsp3) is 0.161. The van der Waals surface area contributed by atoms with E-state index in [-0.39, 0.29) is 23.8 Å². The summed E-state index contributed by atoms with van der Waals surface area (Å²) in [4.78, 5) is 29.0. The zero-order valence-corrected chi connectivity index (χ0v) is 27.1. The molecule has 11 heteroatoms. The summed E-state index contributed by atoms with van der Waals surface area (Å²) in [5.74, 6) is -0.956. The average Bonchev–Trinajstić information content (AvgIpc) is 3.00. The Morgan fingerprint density at radius 3 is 2.05 bits per heavy atom. The summed E-state index contributed by atoms with van der Waals surface area (Å²) >= 11 is 14.5. The molecule has 0 bridgehead atoms. The summed E-state index contributed by atoms with van der Waals surface area (Å²) in [7, 11) is -2.65. The monoisotopic (exact) mass is 735 g/mol. The minimum Gasteiger partial charge on any atom is -0.357 e. The van der Waals surface area contributed by atoms with Crippen LogP contribution in [-0.4, -0.2) is 44.8 Å². The molecule has 0 saturated heterocycles. The van der Waals surface area contributed by atoms with E-state index in [9.17, 15) is 18.0 Å². The molecule has 4 aromatic rings. The number of benzene rings is 4. The Kier molecular flexibility index (Phi) is 10.9. The summed E-state index contributed by atoms with van der Waals surface area (Å²) in [5, 5.41) is 3.31. The van der Waals surface area contributed by atoms with Gasteiger partial charge in [0.15, 0.2) is 0 Å². The van der Waals surface area contributed by atoms with Gasteiger partial charge in [-0.25, -0.2) is 8.42 Å². The van der Waals surface area contributed by atoms with Gasteiger partial charge in [-0.15, -0.1) is 0 Å². The molecule has 1 N–H and O–H groups in total. The molecule has 0 aliphatic rings. The predicted molar refractivity (Wildman–Crippen MR) is 175 cm³/mol. The fourth-order valence-electron chi connectivity index (χ4n) is 4.41. The van der Waals surface area contributed by atoms with Crippen LogP contribution in [0.15, 0.2) is 108 Å². The Balaban J connectivity index is 1.79. The Morgan fingerprint density at radius 1 is 0.833 bits per heavy atom. The number of hydrogen-bond acceptors (Lipinski definition) is 4. The highest BCUT2D eigenvalue weighted by atomic mass is 127. The second kappa shape index (κ2) is 14.4. The summed E-state index contributed by atoms with van der Waals surface area (Å²) in [6.07, 6.45) is 0.211. The number of carbonyl (C=O) groups is 2. The van der Waals surface area contributed by atoms with E-state index in [2.05, 4.69) is 27.9 Å². The van der Waals surface area contributed by atoms with Crippen LogP contribution in [0.2, 0.25) is 10.0 Å². The molecule has 0 aliphatic carbocycles. The van der Waals surface area contributed by atoms with E-state index in [1.165, 1.54) is 24.1 Å². The van der Waals surface area contributed by atoms with Crippen molar-refractivity contribution in [1.29, 1.82) is 0 Å². The van der Waals surface area contributed by atoms with E-state index in [0.29, 0.717) is 21.3 Å². The quantitative estimate of drug-likeness (QED) is 0.187. The standard InChI is InChI=1S/C31H28Cl2IN3O4S/c1-35-31(39)29(19-22-8-4-2-5-9-22)36(20-23-12-17-27(32)28(33)18-23)30(38)21-37(25-15-13-24(34)14-16-25)42(40,41)26-10-6-3-7-11-26/h2-18,29H,19-21H2,1H3,(H,35,39). The molecule has 0 heterocycles. The second-order valence-corrected chi connectivity index (χ2v) is 13.3. The third-order valence-corrected chi connectivity index (χ3v) is 9.83. The van der Waals surface area contributed by atoms with Gasteiger partial charge in [0.1, 0.15) is 12.6 Å². The van der Waals surface area contributed by atoms with Crippen LogP contribution in [-0.2, 0) is 32.6 Å². The maximum Gasteiger partial charge on any atom is 0.264 e. The minimum absolute atomic E-state index is 0.00739. The lowest BCUT2D eigenvalue weighted by Gasteiger charge is -2.33. The van der Waals surface area contributed by atoms with E-state index in [1.807, 2.05) is 30.3 Å². The van der Waals surface area contributed by atoms with E-state index < -0.39 is 28.5 Å². The molecular weight excluding hydrogens is 708 g/mol. The average molecular weight is 736 g/mol. The SMILES string of the molecule is CNC(=O)C(Cc1ccccc1)N(Cc1ccc(Cl)c(Cl)c1)C(=O)CN(c1ccc(I)cc1)S(=O)(=O)c1ccccc1. The first-order valence-electron chi connectivity index (χ1n) is 12.9. The Labute approximate surface area is 269 Å². The van der Waals surface area contributed by atoms with Gasteiger partial charge >= 0.3 is 0 Å². The lowest BCUT2D eigenvalue weighted by Crippen LogP contribution is -2.53. The number of amides is 2. The Morgan fingerprint density at radius 2 is 1.45 bits per heavy atom. The number of anilines is 1. The molecule has 1 unspecified atom stereocenters. The number of sulfonamides is 1. The number of halogens is 3. The number of likely N-dealkylation sites (N-methyl/N-ethyl adjacent to an activating group) is 1. The van der Waals surface area contributed by atoms with Crippen LogP contribution >= 0.6 is 45.8 Å². The first-order chi connectivity index (χ1) is 20.1. The van der Waals surface area contributed by atoms with Crippen LogP contribution in [0.3, 0.4) is 0 Å². The van der Waals surface area contributed by atoms with Gasteiger partial charge < -0.3 is 10.2 Å². The van der Waals surface area contributed by atoms with E-state index >= 15 is 0 Å². The molecule has 0 radical (unpaired) electrons. The van der Waals surface area contributed by atoms with E-state index in [0.717, 1.165) is 13.4 Å². The van der Waals surface area contributed by atoms with Gasteiger partial charge in [-0.3, -0.25) is 13.9 Å². The zero-order chi connectivity index (χ0) is 30.3. The lowest BCUT2D eigenvalue weighted by atomic mass is 10.0. The third-order valence-electron chi connectivity index (χ3n) is 6.58. The van der Waals surface area contributed by atoms with Crippen molar-refractivity contribution in [3.8, 4) is 0 Å². The van der Waals surface area contributed by atoms with Gasteiger partial charge in [-0.2, -0.15) is 0 Å². The molecule has 4 aromatic carbocycles. The molecule has 0 aromatic heterocycles. The van der Waals surface area contributed by atoms with Crippen molar-refractivity contribution < 1.29 is 18.0 Å². The minimum atomic E-state index is -4.15. The van der Waals surface area contributed by atoms with E-state index in [1.54, 1.807) is 60.7 Å². The molecule has 0 spiro atoms. The molecule has 42 heavy (non-hydrogen) atoms. The van der Waals surface area contributed by atoms with Crippen LogP contribution in [0.1, 0.15) is 11.1 Å². The molecule has 218 valence electrons. The van der Waals surface area contributed by atoms with Gasteiger partial charge in [0.05, 0.1) is 20.6 Å². The predicted octanol–water partition coefficient (Wildman–Crippen LogP) is 6.18. The van der Waals surface area contributed by atoms with Gasteiger partial charge in [0.25, 0.3) is 10.0 Å². The van der Waals surface area contributed by atoms with Crippen LogP contribution < -0.4 is 9.62 Å². The van der Waals surface area contributed by atoms with E-state index in [4.69, 9.17) is 23.2 Å². The van der Waals surface area contributed by atoms with Gasteiger partial charge in [0, 0.05) is 23.6 Å². The molecule has 2 amide bonds. The highest BCUT2D eigenvalue weighted by Gasteiger charge is 2.34. The molecular formula is C31H28Cl2IN3O4S. The maximum atomic E-state index is 14.3. The largest absolute Gasteiger partial charge is 0.357 e. The van der Waals surface area contributed by atoms with Crippen molar-refractivity contribution in [3.05, 3.63) is 128 Å². The summed E-state index contributed by atoms with van der Waals surface area (Å²) in [6, 6.07) is 28.1. The topological polar surface area (TPSA) is 86.8 Å². The molecule has 1 atom stereocenters. The summed E-state index contributed by atoms with van der Waals surface area (Å²) < 4.78 is 29.8. The van der Waals surface area contributed by atoms with Crippen molar-refractivity contribution >= 4 is 73.3 Å². The van der Waals surface area contributed by atoms with Crippen molar-refractivity contribution in [2.75, 3.05) is 17.9 Å². The van der Waals surface area contributed by atoms with Crippen LogP contribution in [0.5, 0.6) is 0 Å². The van der Waals surface area contributed by atoms with Crippen LogP contribution in [0.4, 0.5) is 5.69 Å². The molecule has 0 fully saturated rings. The number of rotatable bonds is 11. The van der Waals surface area contributed by atoms with Crippen molar-refractivity contribution in [2.45, 2.75) is 23.9 Å². The highest BCUT2D eigenvalue weighted by Crippen LogP contribution is 2.27. The van der Waals surface area contributed by atoms with Crippen LogP contribution in [0, 0.1) is 3.57 Å². The third kappa shape index (κ3) is 7.83. The molecule has 0 aliphatic heterocycles. The number of nitrogens with zero attached hydrogens (tertiary/aromatic N) is 2. The number of nitrogens with one attached hydrogen (secondary N) is 1. The summed E-state index contributed by atoms with van der Waals surface area (Å²) in [5.41, 5.74) is 1.79.